The Labute approximate surface area is 50.7 Å². The summed E-state index contributed by atoms with van der Waals surface area (Å²) in [6.45, 7) is 6.18. The fourth-order valence-electron chi connectivity index (χ4n) is 0. The monoisotopic (exact) mass is 119 g/mol. The predicted molar refractivity (Wildman–Crippen MR) is 36.4 cm³/mol. The number of rotatable bonds is 0. The fraction of sp³-hybridized carbons (Fsp3) is 1.00. The highest BCUT2D eigenvalue weighted by Crippen LogP contribution is 2.18. The van der Waals surface area contributed by atoms with Gasteiger partial charge in [-0.2, -0.15) is 12.6 Å². The van der Waals surface area contributed by atoms with E-state index in [4.69, 9.17) is 5.73 Å². The third kappa shape index (κ3) is 2.94. The summed E-state index contributed by atoms with van der Waals surface area (Å²) in [4.78, 5) is 0. The van der Waals surface area contributed by atoms with E-state index in [1.165, 1.54) is 0 Å². The Morgan fingerprint density at radius 1 is 1.43 bits per heavy atom. The van der Waals surface area contributed by atoms with Crippen LogP contribution in [0.5, 0.6) is 0 Å². The minimum atomic E-state index is -0.00694. The lowest BCUT2D eigenvalue weighted by molar-refractivity contribution is 0.402. The molecule has 0 bridgehead atoms. The van der Waals surface area contributed by atoms with Gasteiger partial charge in [-0.1, -0.05) is 20.8 Å². The van der Waals surface area contributed by atoms with E-state index in [0.717, 1.165) is 0 Å². The highest BCUT2D eigenvalue weighted by molar-refractivity contribution is 7.80. The van der Waals surface area contributed by atoms with E-state index < -0.39 is 0 Å². The zero-order chi connectivity index (χ0) is 6.08. The summed E-state index contributed by atoms with van der Waals surface area (Å²) in [6, 6.07) is 0. The van der Waals surface area contributed by atoms with E-state index in [0.29, 0.717) is 0 Å². The van der Waals surface area contributed by atoms with E-state index in [-0.39, 0.29) is 10.8 Å². The molecule has 0 heterocycles. The van der Waals surface area contributed by atoms with Crippen LogP contribution >= 0.6 is 12.6 Å². The van der Waals surface area contributed by atoms with Crippen molar-refractivity contribution in [1.82, 2.24) is 0 Å². The van der Waals surface area contributed by atoms with Crippen molar-refractivity contribution in [3.05, 3.63) is 0 Å². The largest absolute Gasteiger partial charge is 0.319 e. The zero-order valence-corrected chi connectivity index (χ0v) is 6.00. The van der Waals surface area contributed by atoms with Gasteiger partial charge in [-0.3, -0.25) is 0 Å². The SMILES string of the molecule is CC(C)(C)C(N)S. The second-order valence-corrected chi connectivity index (χ2v) is 3.37. The van der Waals surface area contributed by atoms with Crippen molar-refractivity contribution in [3.63, 3.8) is 0 Å². The highest BCUT2D eigenvalue weighted by Gasteiger charge is 2.15. The van der Waals surface area contributed by atoms with E-state index in [1.54, 1.807) is 0 Å². The first-order valence-corrected chi connectivity index (χ1v) is 2.90. The van der Waals surface area contributed by atoms with Gasteiger partial charge in [-0.15, -0.1) is 0 Å². The second-order valence-electron chi connectivity index (χ2n) is 2.81. The van der Waals surface area contributed by atoms with Crippen molar-refractivity contribution in [1.29, 1.82) is 0 Å². The number of thiol groups is 1. The van der Waals surface area contributed by atoms with Gasteiger partial charge in [0.2, 0.25) is 0 Å². The number of nitrogens with two attached hydrogens (primary N) is 1. The lowest BCUT2D eigenvalue weighted by Gasteiger charge is -2.21. The molecule has 0 amide bonds. The molecule has 0 saturated heterocycles. The predicted octanol–water partition coefficient (Wildman–Crippen LogP) is 1.25. The molecular weight excluding hydrogens is 106 g/mol. The van der Waals surface area contributed by atoms with Crippen LogP contribution in [0.25, 0.3) is 0 Å². The van der Waals surface area contributed by atoms with Crippen LogP contribution in [-0.4, -0.2) is 5.37 Å². The van der Waals surface area contributed by atoms with Crippen LogP contribution in [0.3, 0.4) is 0 Å². The zero-order valence-electron chi connectivity index (χ0n) is 5.10. The van der Waals surface area contributed by atoms with Crippen molar-refractivity contribution >= 4 is 12.6 Å². The topological polar surface area (TPSA) is 26.0 Å². The Hall–Kier alpha value is 0.310. The van der Waals surface area contributed by atoms with Crippen molar-refractivity contribution in [2.75, 3.05) is 0 Å². The highest BCUT2D eigenvalue weighted by atomic mass is 32.1. The smallest absolute Gasteiger partial charge is 0.0526 e. The molecule has 1 nitrogen and oxygen atoms in total. The summed E-state index contributed by atoms with van der Waals surface area (Å²) in [5.74, 6) is 0. The van der Waals surface area contributed by atoms with Gasteiger partial charge in [-0.05, 0) is 5.41 Å². The first kappa shape index (κ1) is 7.31. The quantitative estimate of drug-likeness (QED) is 0.364. The molecule has 1 atom stereocenters. The lowest BCUT2D eigenvalue weighted by Crippen LogP contribution is -2.29. The minimum Gasteiger partial charge on any atom is -0.319 e. The van der Waals surface area contributed by atoms with Crippen molar-refractivity contribution in [2.45, 2.75) is 26.1 Å². The second kappa shape index (κ2) is 2.05. The molecule has 0 rings (SSSR count). The fourth-order valence-corrected chi connectivity index (χ4v) is 0. The molecule has 0 fully saturated rings. The normalized spacial score (nSPS) is 16.7. The molecule has 0 aromatic carbocycles. The molecule has 2 heteroatoms. The lowest BCUT2D eigenvalue weighted by atomic mass is 9.97. The Bertz CT molecular complexity index is 53.6. The minimum absolute atomic E-state index is 0.00694. The van der Waals surface area contributed by atoms with Crippen LogP contribution in [0.4, 0.5) is 0 Å². The number of hydrogen-bond acceptors (Lipinski definition) is 2. The van der Waals surface area contributed by atoms with Crippen molar-refractivity contribution in [2.24, 2.45) is 11.1 Å². The van der Waals surface area contributed by atoms with Gasteiger partial charge in [0.25, 0.3) is 0 Å². The van der Waals surface area contributed by atoms with Crippen LogP contribution in [0.2, 0.25) is 0 Å². The summed E-state index contributed by atoms with van der Waals surface area (Å²) in [5.41, 5.74) is 5.58. The summed E-state index contributed by atoms with van der Waals surface area (Å²) in [6.07, 6.45) is 0. The Kier molecular flexibility index (Phi) is 2.14. The van der Waals surface area contributed by atoms with Gasteiger partial charge in [0.15, 0.2) is 0 Å². The molecule has 0 aliphatic heterocycles. The van der Waals surface area contributed by atoms with E-state index in [2.05, 4.69) is 33.4 Å². The standard InChI is InChI=1S/C5H13NS/c1-5(2,3)4(6)7/h4,7H,6H2,1-3H3. The van der Waals surface area contributed by atoms with Gasteiger partial charge >= 0.3 is 0 Å². The molecule has 0 aliphatic carbocycles. The molecular formula is C5H13NS. The molecule has 0 aliphatic rings. The van der Waals surface area contributed by atoms with Gasteiger partial charge < -0.3 is 5.73 Å². The molecule has 2 N–H and O–H groups in total. The number of hydrogen-bond donors (Lipinski definition) is 2. The average Bonchev–Trinajstić information content (AvgIpc) is 1.31. The average molecular weight is 119 g/mol. The molecule has 0 aromatic rings. The van der Waals surface area contributed by atoms with E-state index in [1.807, 2.05) is 0 Å². The molecule has 0 radical (unpaired) electrons. The molecule has 1 unspecified atom stereocenters. The maximum atomic E-state index is 5.43. The summed E-state index contributed by atoms with van der Waals surface area (Å²) < 4.78 is 0. The van der Waals surface area contributed by atoms with Crippen molar-refractivity contribution in [3.8, 4) is 0 Å². The van der Waals surface area contributed by atoms with Crippen LogP contribution < -0.4 is 5.73 Å². The maximum Gasteiger partial charge on any atom is 0.0526 e. The van der Waals surface area contributed by atoms with Crippen LogP contribution in [0, 0.1) is 5.41 Å². The van der Waals surface area contributed by atoms with Crippen LogP contribution in [-0.2, 0) is 0 Å². The van der Waals surface area contributed by atoms with Gasteiger partial charge in [0.1, 0.15) is 0 Å². The van der Waals surface area contributed by atoms with Crippen LogP contribution in [0.1, 0.15) is 20.8 Å². The Balaban J connectivity index is 3.54. The first-order valence-electron chi connectivity index (χ1n) is 2.38. The van der Waals surface area contributed by atoms with Gasteiger partial charge in [-0.25, -0.2) is 0 Å². The van der Waals surface area contributed by atoms with Gasteiger partial charge in [0, 0.05) is 0 Å². The molecule has 0 spiro atoms. The van der Waals surface area contributed by atoms with Crippen molar-refractivity contribution < 1.29 is 0 Å². The van der Waals surface area contributed by atoms with Gasteiger partial charge in [0.05, 0.1) is 5.37 Å². The molecule has 0 saturated carbocycles. The van der Waals surface area contributed by atoms with E-state index >= 15 is 0 Å². The Morgan fingerprint density at radius 3 is 1.57 bits per heavy atom. The first-order chi connectivity index (χ1) is 2.94. The maximum absolute atomic E-state index is 5.43. The molecule has 7 heavy (non-hydrogen) atoms. The Morgan fingerprint density at radius 2 is 1.57 bits per heavy atom. The third-order valence-electron chi connectivity index (χ3n) is 0.887. The van der Waals surface area contributed by atoms with Crippen LogP contribution in [0.15, 0.2) is 0 Å². The molecule has 0 aromatic heterocycles. The summed E-state index contributed by atoms with van der Waals surface area (Å²) >= 11 is 4.06. The third-order valence-corrected chi connectivity index (χ3v) is 1.66. The summed E-state index contributed by atoms with van der Waals surface area (Å²) in [5, 5.41) is -0.00694. The molecule has 44 valence electrons. The van der Waals surface area contributed by atoms with E-state index in [9.17, 15) is 0 Å². The summed E-state index contributed by atoms with van der Waals surface area (Å²) in [7, 11) is 0.